The first-order valence-electron chi connectivity index (χ1n) is 4.68. The molecule has 0 N–H and O–H groups in total. The Morgan fingerprint density at radius 3 is 2.36 bits per heavy atom. The minimum atomic E-state index is -0.188. The predicted octanol–water partition coefficient (Wildman–Crippen LogP) is 2.88. The second-order valence-corrected chi connectivity index (χ2v) is 3.81. The fourth-order valence-corrected chi connectivity index (χ4v) is 1.72. The second kappa shape index (κ2) is 3.91. The molecular formula is C12H15FO. The Labute approximate surface area is 83.9 Å². The summed E-state index contributed by atoms with van der Waals surface area (Å²) in [6.45, 7) is 6.91. The van der Waals surface area contributed by atoms with E-state index in [9.17, 15) is 9.18 Å². The third-order valence-corrected chi connectivity index (χ3v) is 2.46. The van der Waals surface area contributed by atoms with Crippen molar-refractivity contribution in [2.24, 2.45) is 0 Å². The lowest BCUT2D eigenvalue weighted by Gasteiger charge is -2.11. The first kappa shape index (κ1) is 10.9. The second-order valence-electron chi connectivity index (χ2n) is 3.81. The molecule has 0 atom stereocenters. The molecule has 0 saturated carbocycles. The molecule has 0 aliphatic heterocycles. The van der Waals surface area contributed by atoms with Crippen molar-refractivity contribution in [3.63, 3.8) is 0 Å². The highest BCUT2D eigenvalue weighted by Crippen LogP contribution is 2.21. The van der Waals surface area contributed by atoms with Gasteiger partial charge >= 0.3 is 0 Å². The van der Waals surface area contributed by atoms with E-state index in [1.807, 2.05) is 6.92 Å². The zero-order valence-corrected chi connectivity index (χ0v) is 9.07. The highest BCUT2D eigenvalue weighted by atomic mass is 19.1. The normalized spacial score (nSPS) is 10.4. The molecule has 1 nitrogen and oxygen atoms in total. The molecule has 0 fully saturated rings. The van der Waals surface area contributed by atoms with Crippen molar-refractivity contribution in [2.45, 2.75) is 34.1 Å². The number of halogens is 1. The van der Waals surface area contributed by atoms with Crippen molar-refractivity contribution < 1.29 is 9.18 Å². The van der Waals surface area contributed by atoms with E-state index in [-0.39, 0.29) is 11.6 Å². The summed E-state index contributed by atoms with van der Waals surface area (Å²) in [4.78, 5) is 11.0. The molecule has 0 bridgehead atoms. The zero-order chi connectivity index (χ0) is 10.9. The van der Waals surface area contributed by atoms with Gasteiger partial charge < -0.3 is 0 Å². The molecule has 0 unspecified atom stereocenters. The number of rotatable bonds is 2. The summed E-state index contributed by atoms with van der Waals surface area (Å²) in [5.74, 6) is -0.119. The number of Topliss-reactive ketones (excluding diaryl/α,β-unsaturated/α-hetero) is 1. The third-order valence-electron chi connectivity index (χ3n) is 2.46. The lowest BCUT2D eigenvalue weighted by Crippen LogP contribution is -2.04. The molecular weight excluding hydrogens is 179 g/mol. The van der Waals surface area contributed by atoms with Gasteiger partial charge in [0.05, 0.1) is 0 Å². The molecule has 14 heavy (non-hydrogen) atoms. The lowest BCUT2D eigenvalue weighted by molar-refractivity contribution is -0.116. The molecule has 76 valence electrons. The standard InChI is InChI=1S/C12H15FO/c1-7-5-8(2)12(13)10(4)11(7)6-9(3)14/h5H,6H2,1-4H3. The minimum Gasteiger partial charge on any atom is -0.300 e. The van der Waals surface area contributed by atoms with Crippen LogP contribution in [0.1, 0.15) is 29.2 Å². The molecule has 0 radical (unpaired) electrons. The highest BCUT2D eigenvalue weighted by Gasteiger charge is 2.11. The Hall–Kier alpha value is -1.18. The van der Waals surface area contributed by atoms with Gasteiger partial charge in [0.1, 0.15) is 11.6 Å². The zero-order valence-electron chi connectivity index (χ0n) is 9.07. The number of hydrogen-bond donors (Lipinski definition) is 0. The molecule has 2 heteroatoms. The van der Waals surface area contributed by atoms with Crippen LogP contribution in [0.15, 0.2) is 6.07 Å². The molecule has 0 spiro atoms. The highest BCUT2D eigenvalue weighted by molar-refractivity contribution is 5.79. The monoisotopic (exact) mass is 194 g/mol. The number of benzene rings is 1. The van der Waals surface area contributed by atoms with E-state index < -0.39 is 0 Å². The average molecular weight is 194 g/mol. The van der Waals surface area contributed by atoms with Crippen LogP contribution < -0.4 is 0 Å². The molecule has 0 aliphatic rings. The van der Waals surface area contributed by atoms with Gasteiger partial charge in [-0.1, -0.05) is 6.07 Å². The first-order chi connectivity index (χ1) is 6.43. The van der Waals surface area contributed by atoms with E-state index in [1.54, 1.807) is 19.9 Å². The van der Waals surface area contributed by atoms with Gasteiger partial charge in [-0.25, -0.2) is 4.39 Å². The summed E-state index contributed by atoms with van der Waals surface area (Å²) >= 11 is 0. The van der Waals surface area contributed by atoms with Crippen molar-refractivity contribution in [1.82, 2.24) is 0 Å². The molecule has 1 rings (SSSR count). The van der Waals surface area contributed by atoms with Gasteiger partial charge in [0, 0.05) is 6.42 Å². The first-order valence-corrected chi connectivity index (χ1v) is 4.68. The Bertz CT molecular complexity index is 380. The summed E-state index contributed by atoms with van der Waals surface area (Å²) in [7, 11) is 0. The molecule has 1 aromatic carbocycles. The minimum absolute atomic E-state index is 0.0689. The van der Waals surface area contributed by atoms with Gasteiger partial charge in [-0.2, -0.15) is 0 Å². The summed E-state index contributed by atoms with van der Waals surface area (Å²) in [5, 5.41) is 0. The largest absolute Gasteiger partial charge is 0.300 e. The molecule has 0 aliphatic carbocycles. The van der Waals surface area contributed by atoms with E-state index in [4.69, 9.17) is 0 Å². The number of hydrogen-bond acceptors (Lipinski definition) is 1. The number of carbonyl (C=O) groups is 1. The summed E-state index contributed by atoms with van der Waals surface area (Å²) in [6.07, 6.45) is 0.328. The Morgan fingerprint density at radius 2 is 1.86 bits per heavy atom. The van der Waals surface area contributed by atoms with Crippen LogP contribution >= 0.6 is 0 Å². The topological polar surface area (TPSA) is 17.1 Å². The van der Waals surface area contributed by atoms with Crippen molar-refractivity contribution in [1.29, 1.82) is 0 Å². The summed E-state index contributed by atoms with van der Waals surface area (Å²) in [6, 6.07) is 1.79. The Balaban J connectivity index is 3.29. The van der Waals surface area contributed by atoms with E-state index in [0.29, 0.717) is 17.5 Å². The van der Waals surface area contributed by atoms with Gasteiger partial charge in [-0.05, 0) is 49.9 Å². The van der Waals surface area contributed by atoms with Gasteiger partial charge in [-0.3, -0.25) is 4.79 Å². The summed E-state index contributed by atoms with van der Waals surface area (Å²) < 4.78 is 13.5. The fourth-order valence-electron chi connectivity index (χ4n) is 1.72. The third kappa shape index (κ3) is 2.00. The SMILES string of the molecule is CC(=O)Cc1c(C)cc(C)c(F)c1C. The van der Waals surface area contributed by atoms with E-state index in [0.717, 1.165) is 11.1 Å². The van der Waals surface area contributed by atoms with Crippen LogP contribution in [0.2, 0.25) is 0 Å². The van der Waals surface area contributed by atoms with Crippen LogP contribution in [0.3, 0.4) is 0 Å². The average Bonchev–Trinajstić information content (AvgIpc) is 2.09. The van der Waals surface area contributed by atoms with Crippen LogP contribution in [0.25, 0.3) is 0 Å². The van der Waals surface area contributed by atoms with E-state index >= 15 is 0 Å². The van der Waals surface area contributed by atoms with Crippen LogP contribution in [-0.4, -0.2) is 5.78 Å². The van der Waals surface area contributed by atoms with Crippen molar-refractivity contribution in [2.75, 3.05) is 0 Å². The van der Waals surface area contributed by atoms with Crippen LogP contribution in [0.4, 0.5) is 4.39 Å². The van der Waals surface area contributed by atoms with Gasteiger partial charge in [0.15, 0.2) is 0 Å². The molecule has 0 heterocycles. The predicted molar refractivity (Wildman–Crippen MR) is 55.0 cm³/mol. The lowest BCUT2D eigenvalue weighted by atomic mass is 9.95. The van der Waals surface area contributed by atoms with Gasteiger partial charge in [0.2, 0.25) is 0 Å². The molecule has 0 amide bonds. The maximum absolute atomic E-state index is 13.5. The van der Waals surface area contributed by atoms with E-state index in [2.05, 4.69) is 0 Å². The fraction of sp³-hybridized carbons (Fsp3) is 0.417. The quantitative estimate of drug-likeness (QED) is 0.707. The van der Waals surface area contributed by atoms with Crippen molar-refractivity contribution in [3.05, 3.63) is 34.1 Å². The van der Waals surface area contributed by atoms with Gasteiger partial charge in [-0.15, -0.1) is 0 Å². The maximum atomic E-state index is 13.5. The van der Waals surface area contributed by atoms with Crippen molar-refractivity contribution in [3.8, 4) is 0 Å². The molecule has 0 aromatic heterocycles. The Kier molecular flexibility index (Phi) is 3.04. The van der Waals surface area contributed by atoms with Crippen molar-refractivity contribution >= 4 is 5.78 Å². The summed E-state index contributed by atoms with van der Waals surface area (Å²) in [5.41, 5.74) is 3.09. The number of carbonyl (C=O) groups excluding carboxylic acids is 1. The number of aryl methyl sites for hydroxylation is 2. The van der Waals surface area contributed by atoms with Gasteiger partial charge in [0.25, 0.3) is 0 Å². The Morgan fingerprint density at radius 1 is 1.29 bits per heavy atom. The van der Waals surface area contributed by atoms with Crippen LogP contribution in [0.5, 0.6) is 0 Å². The molecule has 0 saturated heterocycles. The molecule has 1 aromatic rings. The van der Waals surface area contributed by atoms with E-state index in [1.165, 1.54) is 6.92 Å². The number of ketones is 1. The smallest absolute Gasteiger partial charge is 0.134 e. The van der Waals surface area contributed by atoms with Crippen LogP contribution in [-0.2, 0) is 11.2 Å². The maximum Gasteiger partial charge on any atom is 0.134 e. The van der Waals surface area contributed by atoms with Crippen LogP contribution in [0, 0.1) is 26.6 Å².